The Hall–Kier alpha value is -1.71. The van der Waals surface area contributed by atoms with Crippen molar-refractivity contribution in [3.8, 4) is 11.5 Å². The summed E-state index contributed by atoms with van der Waals surface area (Å²) < 4.78 is 10.8. The lowest BCUT2D eigenvalue weighted by Crippen LogP contribution is -2.22. The minimum absolute atomic E-state index is 0.118. The van der Waals surface area contributed by atoms with Crippen molar-refractivity contribution in [1.82, 2.24) is 0 Å². The van der Waals surface area contributed by atoms with Gasteiger partial charge >= 0.3 is 5.97 Å². The van der Waals surface area contributed by atoms with Gasteiger partial charge in [0.2, 0.25) is 0 Å². The lowest BCUT2D eigenvalue weighted by molar-refractivity contribution is -0.143. The van der Waals surface area contributed by atoms with E-state index in [2.05, 4.69) is 0 Å². The van der Waals surface area contributed by atoms with Crippen LogP contribution in [0.5, 0.6) is 11.5 Å². The van der Waals surface area contributed by atoms with Gasteiger partial charge in [0.05, 0.1) is 12.7 Å². The number of phenolic OH excluding ortho intramolecular Hbond substituents is 1. The van der Waals surface area contributed by atoms with Gasteiger partial charge in [-0.1, -0.05) is 6.07 Å². The summed E-state index contributed by atoms with van der Waals surface area (Å²) in [6.45, 7) is 2.27. The Morgan fingerprint density at radius 1 is 1.45 bits per heavy atom. The molecule has 20 heavy (non-hydrogen) atoms. The van der Waals surface area contributed by atoms with Crippen LogP contribution in [0.4, 0.5) is 0 Å². The summed E-state index contributed by atoms with van der Waals surface area (Å²) in [6, 6.07) is 5.30. The summed E-state index contributed by atoms with van der Waals surface area (Å²) in [6.07, 6.45) is 5.39. The maximum absolute atomic E-state index is 11.2. The molecule has 1 aromatic rings. The van der Waals surface area contributed by atoms with Gasteiger partial charge in [0.15, 0.2) is 0 Å². The highest BCUT2D eigenvalue weighted by molar-refractivity contribution is 5.69. The lowest BCUT2D eigenvalue weighted by Gasteiger charge is -2.26. The summed E-state index contributed by atoms with van der Waals surface area (Å²) in [5.41, 5.74) is 1.16. The molecule has 0 fully saturated rings. The Bertz CT molecular complexity index is 456. The highest BCUT2D eigenvalue weighted by Crippen LogP contribution is 2.32. The number of unbranched alkanes of at least 4 members (excludes halogenated alkanes) is 1. The van der Waals surface area contributed by atoms with Gasteiger partial charge < -0.3 is 14.6 Å². The molecule has 0 unspecified atom stereocenters. The van der Waals surface area contributed by atoms with Crippen LogP contribution >= 0.6 is 0 Å². The molecule has 0 saturated heterocycles. The van der Waals surface area contributed by atoms with Gasteiger partial charge in [0.1, 0.15) is 11.5 Å². The second kappa shape index (κ2) is 7.17. The van der Waals surface area contributed by atoms with Gasteiger partial charge in [-0.3, -0.25) is 4.79 Å². The normalized spacial score (nSPS) is 17.1. The molecule has 4 heteroatoms. The quantitative estimate of drug-likeness (QED) is 0.641. The van der Waals surface area contributed by atoms with E-state index in [0.717, 1.165) is 43.4 Å². The number of hydrogen-bond acceptors (Lipinski definition) is 4. The molecular formula is C16H22O4. The minimum Gasteiger partial charge on any atom is -0.508 e. The van der Waals surface area contributed by atoms with Crippen molar-refractivity contribution in [1.29, 1.82) is 0 Å². The molecule has 1 heterocycles. The average Bonchev–Trinajstić information content (AvgIpc) is 2.43. The number of rotatable bonds is 6. The molecule has 0 amide bonds. The molecule has 2 rings (SSSR count). The number of aryl methyl sites for hydroxylation is 1. The molecule has 0 aromatic heterocycles. The van der Waals surface area contributed by atoms with Crippen molar-refractivity contribution in [2.45, 2.75) is 51.6 Å². The van der Waals surface area contributed by atoms with Crippen LogP contribution in [-0.4, -0.2) is 23.8 Å². The molecule has 1 aliphatic rings. The van der Waals surface area contributed by atoms with Gasteiger partial charge in [-0.05, 0) is 50.7 Å². The van der Waals surface area contributed by atoms with Crippen LogP contribution in [0.15, 0.2) is 18.2 Å². The van der Waals surface area contributed by atoms with E-state index in [-0.39, 0.29) is 17.8 Å². The molecule has 1 aromatic carbocycles. The van der Waals surface area contributed by atoms with E-state index < -0.39 is 0 Å². The third kappa shape index (κ3) is 4.15. The molecule has 1 atom stereocenters. The van der Waals surface area contributed by atoms with Crippen LogP contribution in [-0.2, 0) is 16.0 Å². The van der Waals surface area contributed by atoms with Crippen molar-refractivity contribution in [3.63, 3.8) is 0 Å². The first-order chi connectivity index (χ1) is 9.69. The number of fused-ring (bicyclic) bond motifs is 1. The fourth-order valence-corrected chi connectivity index (χ4v) is 2.49. The largest absolute Gasteiger partial charge is 0.508 e. The molecule has 1 aliphatic heterocycles. The Morgan fingerprint density at radius 3 is 3.10 bits per heavy atom. The summed E-state index contributed by atoms with van der Waals surface area (Å²) in [5.74, 6) is 0.922. The molecule has 0 bridgehead atoms. The molecule has 1 N–H and O–H groups in total. The molecule has 110 valence electrons. The first kappa shape index (κ1) is 14.7. The second-order valence-corrected chi connectivity index (χ2v) is 5.12. The van der Waals surface area contributed by atoms with Crippen LogP contribution in [0, 0.1) is 0 Å². The smallest absolute Gasteiger partial charge is 0.305 e. The van der Waals surface area contributed by atoms with E-state index in [4.69, 9.17) is 9.47 Å². The predicted molar refractivity (Wildman–Crippen MR) is 75.9 cm³/mol. The Labute approximate surface area is 119 Å². The molecule has 0 spiro atoms. The number of aromatic hydroxyl groups is 1. The number of carbonyl (C=O) groups is 1. The van der Waals surface area contributed by atoms with Crippen molar-refractivity contribution >= 4 is 5.97 Å². The zero-order valence-electron chi connectivity index (χ0n) is 11.9. The first-order valence-corrected chi connectivity index (χ1v) is 7.33. The zero-order valence-corrected chi connectivity index (χ0v) is 11.9. The zero-order chi connectivity index (χ0) is 14.4. The maximum Gasteiger partial charge on any atom is 0.305 e. The van der Waals surface area contributed by atoms with Crippen LogP contribution in [0.3, 0.4) is 0 Å². The van der Waals surface area contributed by atoms with Crippen molar-refractivity contribution < 1.29 is 19.4 Å². The molecule has 4 nitrogen and oxygen atoms in total. The van der Waals surface area contributed by atoms with Crippen molar-refractivity contribution in [2.75, 3.05) is 6.61 Å². The number of esters is 1. The highest BCUT2D eigenvalue weighted by Gasteiger charge is 2.19. The van der Waals surface area contributed by atoms with Gasteiger partial charge in [0.25, 0.3) is 0 Å². The number of ether oxygens (including phenoxy) is 2. The van der Waals surface area contributed by atoms with E-state index >= 15 is 0 Å². The van der Waals surface area contributed by atoms with E-state index in [1.165, 1.54) is 0 Å². The van der Waals surface area contributed by atoms with Gasteiger partial charge in [-0.15, -0.1) is 0 Å². The monoisotopic (exact) mass is 278 g/mol. The van der Waals surface area contributed by atoms with E-state index in [1.54, 1.807) is 12.1 Å². The van der Waals surface area contributed by atoms with Gasteiger partial charge in [0, 0.05) is 12.5 Å². The van der Waals surface area contributed by atoms with E-state index in [0.29, 0.717) is 13.0 Å². The third-order valence-electron chi connectivity index (χ3n) is 3.54. The standard InChI is InChI=1S/C16H22O4/c1-2-19-16(18)6-4-3-5-14-10-8-12-7-9-13(17)11-15(12)20-14/h7,9,11,14,17H,2-6,8,10H2,1H3/t14-/m1/s1. The average molecular weight is 278 g/mol. The molecule has 0 saturated carbocycles. The van der Waals surface area contributed by atoms with Crippen LogP contribution in [0.2, 0.25) is 0 Å². The SMILES string of the molecule is CCOC(=O)CCCC[C@@H]1CCc2ccc(O)cc2O1. The Balaban J connectivity index is 1.72. The molecule has 0 aliphatic carbocycles. The van der Waals surface area contributed by atoms with E-state index in [1.807, 2.05) is 13.0 Å². The predicted octanol–water partition coefficient (Wildman–Crippen LogP) is 3.21. The number of carbonyl (C=O) groups excluding carboxylic acids is 1. The van der Waals surface area contributed by atoms with Crippen molar-refractivity contribution in [3.05, 3.63) is 23.8 Å². The van der Waals surface area contributed by atoms with Crippen LogP contribution in [0.25, 0.3) is 0 Å². The summed E-state index contributed by atoms with van der Waals surface area (Å²) in [7, 11) is 0. The summed E-state index contributed by atoms with van der Waals surface area (Å²) in [4.78, 5) is 11.2. The topological polar surface area (TPSA) is 55.8 Å². The number of phenols is 1. The third-order valence-corrected chi connectivity index (χ3v) is 3.54. The number of benzene rings is 1. The fourth-order valence-electron chi connectivity index (χ4n) is 2.49. The number of hydrogen-bond donors (Lipinski definition) is 1. The van der Waals surface area contributed by atoms with Gasteiger partial charge in [-0.2, -0.15) is 0 Å². The molecular weight excluding hydrogens is 256 g/mol. The highest BCUT2D eigenvalue weighted by atomic mass is 16.5. The minimum atomic E-state index is -0.118. The Kier molecular flexibility index (Phi) is 5.27. The van der Waals surface area contributed by atoms with Crippen LogP contribution in [0.1, 0.15) is 44.6 Å². The fraction of sp³-hybridized carbons (Fsp3) is 0.562. The maximum atomic E-state index is 11.2. The Morgan fingerprint density at radius 2 is 2.30 bits per heavy atom. The summed E-state index contributed by atoms with van der Waals surface area (Å²) >= 11 is 0. The summed E-state index contributed by atoms with van der Waals surface area (Å²) in [5, 5.41) is 9.47. The van der Waals surface area contributed by atoms with Crippen molar-refractivity contribution in [2.24, 2.45) is 0 Å². The second-order valence-electron chi connectivity index (χ2n) is 5.12. The van der Waals surface area contributed by atoms with Gasteiger partial charge in [-0.25, -0.2) is 0 Å². The van der Waals surface area contributed by atoms with E-state index in [9.17, 15) is 9.90 Å². The van der Waals surface area contributed by atoms with Crippen LogP contribution < -0.4 is 4.74 Å². The lowest BCUT2D eigenvalue weighted by atomic mass is 9.98. The molecule has 0 radical (unpaired) electrons. The first-order valence-electron chi connectivity index (χ1n) is 7.33.